The molecule has 2 rings (SSSR count). The number of aliphatic hydroxyl groups is 1. The molecule has 0 spiro atoms. The Labute approximate surface area is 94.8 Å². The van der Waals surface area contributed by atoms with Gasteiger partial charge in [0.25, 0.3) is 0 Å². The quantitative estimate of drug-likeness (QED) is 0.839. The van der Waals surface area contributed by atoms with Crippen molar-refractivity contribution in [3.05, 3.63) is 29.8 Å². The first-order chi connectivity index (χ1) is 7.52. The number of rotatable bonds is 3. The molecule has 5 heteroatoms. The first kappa shape index (κ1) is 11.6. The summed E-state index contributed by atoms with van der Waals surface area (Å²) in [6.07, 6.45) is 0. The van der Waals surface area contributed by atoms with Crippen molar-refractivity contribution in [1.29, 1.82) is 0 Å². The lowest BCUT2D eigenvalue weighted by Crippen LogP contribution is -2.58. The molecule has 1 aromatic rings. The van der Waals surface area contributed by atoms with Gasteiger partial charge in [0.1, 0.15) is 4.75 Å². The lowest BCUT2D eigenvalue weighted by atomic mass is 10.1. The van der Waals surface area contributed by atoms with Crippen LogP contribution in [0.4, 0.5) is 0 Å². The van der Waals surface area contributed by atoms with Gasteiger partial charge in [-0.05, 0) is 24.6 Å². The molecule has 16 heavy (non-hydrogen) atoms. The summed E-state index contributed by atoms with van der Waals surface area (Å²) in [4.78, 5) is 0.254. The Hall–Kier alpha value is -0.910. The van der Waals surface area contributed by atoms with Gasteiger partial charge < -0.3 is 9.84 Å². The fourth-order valence-corrected chi connectivity index (χ4v) is 3.44. The molecule has 1 heterocycles. The van der Waals surface area contributed by atoms with Gasteiger partial charge in [-0.1, -0.05) is 12.1 Å². The molecule has 4 nitrogen and oxygen atoms in total. The number of aryl methyl sites for hydroxylation is 1. The molecule has 1 N–H and O–H groups in total. The second-order valence-corrected chi connectivity index (χ2v) is 6.50. The molecular weight excluding hydrogens is 228 g/mol. The summed E-state index contributed by atoms with van der Waals surface area (Å²) in [5.74, 6) is 0. The van der Waals surface area contributed by atoms with E-state index in [-0.39, 0.29) is 18.1 Å². The second-order valence-electron chi connectivity index (χ2n) is 4.15. The van der Waals surface area contributed by atoms with Crippen LogP contribution in [0.5, 0.6) is 0 Å². The van der Waals surface area contributed by atoms with Crippen LogP contribution < -0.4 is 0 Å². The molecule has 1 aliphatic rings. The van der Waals surface area contributed by atoms with Crippen molar-refractivity contribution in [2.45, 2.75) is 16.6 Å². The highest BCUT2D eigenvalue weighted by Crippen LogP contribution is 2.32. The van der Waals surface area contributed by atoms with Gasteiger partial charge in [-0.15, -0.1) is 0 Å². The summed E-state index contributed by atoms with van der Waals surface area (Å²) in [6.45, 7) is 1.57. The SMILES string of the molecule is Cc1cccc(S(=O)(=O)C2(CO)COC2)c1. The Morgan fingerprint density at radius 3 is 2.56 bits per heavy atom. The van der Waals surface area contributed by atoms with E-state index in [9.17, 15) is 13.5 Å². The summed E-state index contributed by atoms with van der Waals surface area (Å²) in [5, 5.41) is 9.24. The Bertz CT molecular complexity index is 483. The smallest absolute Gasteiger partial charge is 0.190 e. The minimum absolute atomic E-state index is 0.0692. The predicted molar refractivity (Wildman–Crippen MR) is 59.0 cm³/mol. The molecule has 0 bridgehead atoms. The van der Waals surface area contributed by atoms with Crippen LogP contribution in [0.15, 0.2) is 29.2 Å². The normalized spacial score (nSPS) is 19.1. The zero-order valence-electron chi connectivity index (χ0n) is 9.01. The second kappa shape index (κ2) is 3.84. The maximum Gasteiger partial charge on any atom is 0.190 e. The van der Waals surface area contributed by atoms with Gasteiger partial charge >= 0.3 is 0 Å². The van der Waals surface area contributed by atoms with Crippen LogP contribution in [0.2, 0.25) is 0 Å². The standard InChI is InChI=1S/C11H14O4S/c1-9-3-2-4-10(5-9)16(13,14)11(6-12)7-15-8-11/h2-5,12H,6-8H2,1H3. The topological polar surface area (TPSA) is 63.6 Å². The zero-order valence-corrected chi connectivity index (χ0v) is 9.83. The number of hydrogen-bond acceptors (Lipinski definition) is 4. The first-order valence-electron chi connectivity index (χ1n) is 5.02. The number of benzene rings is 1. The van der Waals surface area contributed by atoms with Gasteiger partial charge in [0, 0.05) is 0 Å². The van der Waals surface area contributed by atoms with Crippen molar-refractivity contribution >= 4 is 9.84 Å². The third-order valence-corrected chi connectivity index (χ3v) is 5.27. The summed E-state index contributed by atoms with van der Waals surface area (Å²) in [6, 6.07) is 6.71. The Balaban J connectivity index is 2.47. The van der Waals surface area contributed by atoms with Crippen LogP contribution in [-0.4, -0.2) is 38.1 Å². The monoisotopic (exact) mass is 242 g/mol. The molecule has 0 amide bonds. The van der Waals surface area contributed by atoms with Crippen LogP contribution in [0.25, 0.3) is 0 Å². The van der Waals surface area contributed by atoms with Crippen molar-refractivity contribution < 1.29 is 18.3 Å². The Kier molecular flexibility index (Phi) is 2.77. The van der Waals surface area contributed by atoms with E-state index in [0.29, 0.717) is 0 Å². The molecule has 88 valence electrons. The van der Waals surface area contributed by atoms with Crippen molar-refractivity contribution in [3.63, 3.8) is 0 Å². The molecular formula is C11H14O4S. The number of aliphatic hydroxyl groups excluding tert-OH is 1. The van der Waals surface area contributed by atoms with Crippen LogP contribution in [0, 0.1) is 6.92 Å². The van der Waals surface area contributed by atoms with Crippen molar-refractivity contribution in [1.82, 2.24) is 0 Å². The third kappa shape index (κ3) is 1.55. The molecule has 0 aromatic heterocycles. The molecule has 0 aliphatic carbocycles. The molecule has 1 aliphatic heterocycles. The molecule has 1 fully saturated rings. The van der Waals surface area contributed by atoms with Gasteiger partial charge in [0.15, 0.2) is 9.84 Å². The zero-order chi connectivity index (χ0) is 11.8. The van der Waals surface area contributed by atoms with E-state index >= 15 is 0 Å². The van der Waals surface area contributed by atoms with Gasteiger partial charge in [-0.25, -0.2) is 8.42 Å². The van der Waals surface area contributed by atoms with E-state index in [1.54, 1.807) is 18.2 Å². The van der Waals surface area contributed by atoms with E-state index in [4.69, 9.17) is 4.74 Å². The average Bonchev–Trinajstić information content (AvgIpc) is 2.16. The Morgan fingerprint density at radius 1 is 1.44 bits per heavy atom. The highest BCUT2D eigenvalue weighted by molar-refractivity contribution is 7.93. The maximum absolute atomic E-state index is 12.3. The van der Waals surface area contributed by atoms with E-state index in [1.165, 1.54) is 0 Å². The number of sulfone groups is 1. The predicted octanol–water partition coefficient (Wildman–Crippen LogP) is 0.530. The van der Waals surface area contributed by atoms with Gasteiger partial charge in [0.2, 0.25) is 0 Å². The minimum Gasteiger partial charge on any atom is -0.395 e. The Morgan fingerprint density at radius 2 is 2.12 bits per heavy atom. The summed E-state index contributed by atoms with van der Waals surface area (Å²) >= 11 is 0. The molecule has 0 radical (unpaired) electrons. The summed E-state index contributed by atoms with van der Waals surface area (Å²) in [7, 11) is -3.51. The summed E-state index contributed by atoms with van der Waals surface area (Å²) < 4.78 is 28.3. The fourth-order valence-electron chi connectivity index (χ4n) is 1.69. The van der Waals surface area contributed by atoms with E-state index in [0.717, 1.165) is 5.56 Å². The van der Waals surface area contributed by atoms with Crippen LogP contribution >= 0.6 is 0 Å². The average molecular weight is 242 g/mol. The van der Waals surface area contributed by atoms with Crippen LogP contribution in [0.3, 0.4) is 0 Å². The minimum atomic E-state index is -3.51. The lowest BCUT2D eigenvalue weighted by molar-refractivity contribution is -0.0367. The highest BCUT2D eigenvalue weighted by Gasteiger charge is 2.50. The fraction of sp³-hybridized carbons (Fsp3) is 0.455. The molecule has 1 aromatic carbocycles. The largest absolute Gasteiger partial charge is 0.395 e. The maximum atomic E-state index is 12.3. The van der Waals surface area contributed by atoms with E-state index in [2.05, 4.69) is 0 Å². The van der Waals surface area contributed by atoms with Crippen molar-refractivity contribution in [2.24, 2.45) is 0 Å². The lowest BCUT2D eigenvalue weighted by Gasteiger charge is -2.38. The van der Waals surface area contributed by atoms with E-state index in [1.807, 2.05) is 13.0 Å². The summed E-state index contributed by atoms with van der Waals surface area (Å²) in [5.41, 5.74) is 0.884. The van der Waals surface area contributed by atoms with Crippen LogP contribution in [-0.2, 0) is 14.6 Å². The van der Waals surface area contributed by atoms with Crippen LogP contribution in [0.1, 0.15) is 5.56 Å². The third-order valence-electron chi connectivity index (χ3n) is 2.89. The van der Waals surface area contributed by atoms with Crippen molar-refractivity contribution in [2.75, 3.05) is 19.8 Å². The molecule has 0 atom stereocenters. The molecule has 0 saturated carbocycles. The number of hydrogen-bond donors (Lipinski definition) is 1. The molecule has 1 saturated heterocycles. The van der Waals surface area contributed by atoms with Gasteiger partial charge in [-0.3, -0.25) is 0 Å². The number of ether oxygens (including phenoxy) is 1. The van der Waals surface area contributed by atoms with Gasteiger partial charge in [0.05, 0.1) is 24.7 Å². The molecule has 0 unspecified atom stereocenters. The van der Waals surface area contributed by atoms with E-state index < -0.39 is 21.2 Å². The van der Waals surface area contributed by atoms with Crippen molar-refractivity contribution in [3.8, 4) is 0 Å². The first-order valence-corrected chi connectivity index (χ1v) is 6.50. The highest BCUT2D eigenvalue weighted by atomic mass is 32.2. The van der Waals surface area contributed by atoms with Gasteiger partial charge in [-0.2, -0.15) is 0 Å².